The standard InChI is InChI=1S/C23H35N3O2/c1-19-8-6-7-13-26(19)20(2)18-24-14-9-23(10-15-24)11-16-25(17-12-23)21(27)28-22(3,4)5/h6-8,13H,1-2,9-12,14-18H2,3-5H3. The third-order valence-electron chi connectivity index (χ3n) is 6.08. The molecule has 3 aliphatic heterocycles. The molecular weight excluding hydrogens is 350 g/mol. The van der Waals surface area contributed by atoms with Crippen molar-refractivity contribution in [3.8, 4) is 0 Å². The Balaban J connectivity index is 1.45. The second-order valence-electron chi connectivity index (χ2n) is 9.37. The minimum atomic E-state index is -0.426. The third-order valence-corrected chi connectivity index (χ3v) is 6.08. The van der Waals surface area contributed by atoms with Gasteiger partial charge in [0.1, 0.15) is 5.60 Å². The topological polar surface area (TPSA) is 36.0 Å². The molecule has 28 heavy (non-hydrogen) atoms. The lowest BCUT2D eigenvalue weighted by Crippen LogP contribution is -2.49. The molecule has 5 nitrogen and oxygen atoms in total. The summed E-state index contributed by atoms with van der Waals surface area (Å²) in [4.78, 5) is 18.7. The number of hydrogen-bond donors (Lipinski definition) is 0. The first kappa shape index (κ1) is 20.7. The zero-order valence-corrected chi connectivity index (χ0v) is 17.7. The summed E-state index contributed by atoms with van der Waals surface area (Å²) in [6, 6.07) is 0. The van der Waals surface area contributed by atoms with Gasteiger partial charge in [-0.3, -0.25) is 4.90 Å². The number of allylic oxidation sites excluding steroid dienone is 3. The molecule has 5 heteroatoms. The van der Waals surface area contributed by atoms with E-state index >= 15 is 0 Å². The van der Waals surface area contributed by atoms with Crippen molar-refractivity contribution >= 4 is 6.09 Å². The minimum absolute atomic E-state index is 0.167. The molecule has 1 spiro atoms. The molecule has 154 valence electrons. The van der Waals surface area contributed by atoms with Crippen molar-refractivity contribution < 1.29 is 9.53 Å². The van der Waals surface area contributed by atoms with E-state index in [9.17, 15) is 4.79 Å². The Morgan fingerprint density at radius 2 is 1.71 bits per heavy atom. The van der Waals surface area contributed by atoms with E-state index in [1.807, 2.05) is 50.1 Å². The molecule has 0 atom stereocenters. The SMILES string of the molecule is C=C1C=CC=CN1C(=C)CN1CCC2(CC1)CCN(C(=O)OC(C)(C)C)CC2. The van der Waals surface area contributed by atoms with Crippen LogP contribution in [0.4, 0.5) is 4.79 Å². The predicted molar refractivity (Wildman–Crippen MR) is 114 cm³/mol. The number of hydrogen-bond acceptors (Lipinski definition) is 4. The fourth-order valence-electron chi connectivity index (χ4n) is 4.30. The molecule has 0 aromatic heterocycles. The summed E-state index contributed by atoms with van der Waals surface area (Å²) >= 11 is 0. The molecule has 3 rings (SSSR count). The summed E-state index contributed by atoms with van der Waals surface area (Å²) in [5.74, 6) is 0. The molecule has 0 aliphatic carbocycles. The smallest absolute Gasteiger partial charge is 0.410 e. The van der Waals surface area contributed by atoms with Crippen LogP contribution in [0.25, 0.3) is 0 Å². The zero-order valence-electron chi connectivity index (χ0n) is 17.7. The summed E-state index contributed by atoms with van der Waals surface area (Å²) < 4.78 is 5.53. The fraction of sp³-hybridized carbons (Fsp3) is 0.609. The van der Waals surface area contributed by atoms with E-state index in [2.05, 4.69) is 23.0 Å². The van der Waals surface area contributed by atoms with Gasteiger partial charge in [0.05, 0.1) is 0 Å². The Bertz CT molecular complexity index is 668. The highest BCUT2D eigenvalue weighted by molar-refractivity contribution is 5.68. The predicted octanol–water partition coefficient (Wildman–Crippen LogP) is 4.51. The maximum atomic E-state index is 12.3. The average molecular weight is 386 g/mol. The van der Waals surface area contributed by atoms with Crippen LogP contribution in [0.1, 0.15) is 46.5 Å². The largest absolute Gasteiger partial charge is 0.444 e. The van der Waals surface area contributed by atoms with E-state index in [1.54, 1.807) is 0 Å². The molecule has 3 heterocycles. The first-order valence-corrected chi connectivity index (χ1v) is 10.4. The Morgan fingerprint density at radius 1 is 1.11 bits per heavy atom. The highest BCUT2D eigenvalue weighted by Crippen LogP contribution is 2.41. The number of likely N-dealkylation sites (tertiary alicyclic amines) is 2. The molecule has 0 N–H and O–H groups in total. The van der Waals surface area contributed by atoms with Crippen LogP contribution in [-0.4, -0.2) is 59.1 Å². The molecule has 2 fully saturated rings. The summed E-state index contributed by atoms with van der Waals surface area (Å²) in [6.07, 6.45) is 12.4. The van der Waals surface area contributed by atoms with Gasteiger partial charge in [0.25, 0.3) is 0 Å². The van der Waals surface area contributed by atoms with E-state index in [0.29, 0.717) is 5.41 Å². The van der Waals surface area contributed by atoms with Crippen LogP contribution in [0.2, 0.25) is 0 Å². The quantitative estimate of drug-likeness (QED) is 0.716. The first-order valence-electron chi connectivity index (χ1n) is 10.4. The van der Waals surface area contributed by atoms with Gasteiger partial charge in [0.2, 0.25) is 0 Å². The van der Waals surface area contributed by atoms with E-state index < -0.39 is 5.60 Å². The lowest BCUT2D eigenvalue weighted by atomic mass is 9.71. The summed E-state index contributed by atoms with van der Waals surface area (Å²) in [7, 11) is 0. The summed E-state index contributed by atoms with van der Waals surface area (Å²) in [6.45, 7) is 18.8. The maximum absolute atomic E-state index is 12.3. The van der Waals surface area contributed by atoms with Gasteiger partial charge in [-0.25, -0.2) is 4.79 Å². The van der Waals surface area contributed by atoms with Gasteiger partial charge < -0.3 is 14.5 Å². The molecule has 0 aromatic carbocycles. The molecule has 0 radical (unpaired) electrons. The van der Waals surface area contributed by atoms with Crippen LogP contribution in [-0.2, 0) is 4.74 Å². The van der Waals surface area contributed by atoms with Crippen molar-refractivity contribution in [2.45, 2.75) is 52.1 Å². The molecule has 0 unspecified atom stereocenters. The summed E-state index contributed by atoms with van der Waals surface area (Å²) in [5.41, 5.74) is 2.00. The molecule has 0 bridgehead atoms. The maximum Gasteiger partial charge on any atom is 0.410 e. The van der Waals surface area contributed by atoms with Gasteiger partial charge in [0.15, 0.2) is 0 Å². The van der Waals surface area contributed by atoms with Crippen LogP contribution >= 0.6 is 0 Å². The zero-order chi connectivity index (χ0) is 20.4. The van der Waals surface area contributed by atoms with E-state index in [-0.39, 0.29) is 6.09 Å². The van der Waals surface area contributed by atoms with Gasteiger partial charge >= 0.3 is 6.09 Å². The van der Waals surface area contributed by atoms with Crippen molar-refractivity contribution in [2.24, 2.45) is 5.41 Å². The monoisotopic (exact) mass is 385 g/mol. The number of rotatable bonds is 3. The Morgan fingerprint density at radius 3 is 2.29 bits per heavy atom. The Labute approximate surface area is 170 Å². The van der Waals surface area contributed by atoms with Gasteiger partial charge in [-0.1, -0.05) is 19.2 Å². The first-order chi connectivity index (χ1) is 13.2. The van der Waals surface area contributed by atoms with Crippen LogP contribution in [0, 0.1) is 5.41 Å². The minimum Gasteiger partial charge on any atom is -0.444 e. The fourth-order valence-corrected chi connectivity index (χ4v) is 4.30. The Kier molecular flexibility index (Phi) is 6.04. The lowest BCUT2D eigenvalue weighted by molar-refractivity contribution is -0.00192. The Hall–Kier alpha value is -2.01. The van der Waals surface area contributed by atoms with E-state index in [1.165, 1.54) is 12.8 Å². The number of amides is 1. The van der Waals surface area contributed by atoms with Gasteiger partial charge in [-0.05, 0) is 77.1 Å². The highest BCUT2D eigenvalue weighted by atomic mass is 16.6. The summed E-state index contributed by atoms with van der Waals surface area (Å²) in [5, 5.41) is 0. The lowest BCUT2D eigenvalue weighted by Gasteiger charge is -2.47. The second kappa shape index (κ2) is 8.16. The number of carbonyl (C=O) groups excluding carboxylic acids is 1. The van der Waals surface area contributed by atoms with E-state index in [0.717, 1.165) is 57.0 Å². The van der Waals surface area contributed by atoms with Crippen LogP contribution in [0.3, 0.4) is 0 Å². The van der Waals surface area contributed by atoms with Crippen LogP contribution in [0.5, 0.6) is 0 Å². The normalized spacial score (nSPS) is 22.6. The average Bonchev–Trinajstić information content (AvgIpc) is 2.63. The van der Waals surface area contributed by atoms with Gasteiger partial charge in [-0.15, -0.1) is 0 Å². The second-order valence-corrected chi connectivity index (χ2v) is 9.37. The van der Waals surface area contributed by atoms with E-state index in [4.69, 9.17) is 4.74 Å². The van der Waals surface area contributed by atoms with Crippen molar-refractivity contribution in [1.82, 2.24) is 14.7 Å². The van der Waals surface area contributed by atoms with Crippen molar-refractivity contribution in [2.75, 3.05) is 32.7 Å². The molecule has 0 saturated carbocycles. The molecular formula is C23H35N3O2. The highest BCUT2D eigenvalue weighted by Gasteiger charge is 2.39. The van der Waals surface area contributed by atoms with Gasteiger partial charge in [0, 0.05) is 37.2 Å². The molecule has 2 saturated heterocycles. The number of ether oxygens (including phenoxy) is 1. The van der Waals surface area contributed by atoms with Crippen molar-refractivity contribution in [3.63, 3.8) is 0 Å². The molecule has 0 aromatic rings. The molecule has 1 amide bonds. The van der Waals surface area contributed by atoms with Crippen molar-refractivity contribution in [1.29, 1.82) is 0 Å². The number of piperidine rings is 2. The third kappa shape index (κ3) is 5.07. The molecule has 3 aliphatic rings. The number of carbonyl (C=O) groups is 1. The number of nitrogens with zero attached hydrogens (tertiary/aromatic N) is 3. The van der Waals surface area contributed by atoms with Gasteiger partial charge in [-0.2, -0.15) is 0 Å². The van der Waals surface area contributed by atoms with Crippen molar-refractivity contribution in [3.05, 3.63) is 49.0 Å². The van der Waals surface area contributed by atoms with Crippen LogP contribution < -0.4 is 0 Å². The van der Waals surface area contributed by atoms with Crippen LogP contribution in [0.15, 0.2) is 49.0 Å².